The maximum atomic E-state index is 6.27. The second-order valence-electron chi connectivity index (χ2n) is 5.36. The minimum Gasteiger partial charge on any atom is -0.350 e. The van der Waals surface area contributed by atoms with Gasteiger partial charge in [0.25, 0.3) is 0 Å². The zero-order valence-electron chi connectivity index (χ0n) is 12.0. The zero-order chi connectivity index (χ0) is 14.7. The van der Waals surface area contributed by atoms with Crippen molar-refractivity contribution in [1.82, 2.24) is 9.88 Å². The van der Waals surface area contributed by atoms with Gasteiger partial charge in [0, 0.05) is 34.5 Å². The van der Waals surface area contributed by atoms with Gasteiger partial charge in [0.15, 0.2) is 0 Å². The standard InChI is InChI=1S/C16H20BrClN2/c1-11(2)16(19-3)13-6-7-20(10-13)9-12-4-5-14(17)8-15(12)18/h4-8,10-11,16,19H,9H2,1-3H3. The van der Waals surface area contributed by atoms with Gasteiger partial charge >= 0.3 is 0 Å². The summed E-state index contributed by atoms with van der Waals surface area (Å²) in [6, 6.07) is 8.58. The minimum absolute atomic E-state index is 0.386. The molecule has 1 N–H and O–H groups in total. The first-order valence-electron chi connectivity index (χ1n) is 6.78. The molecule has 2 aromatic rings. The molecule has 1 unspecified atom stereocenters. The summed E-state index contributed by atoms with van der Waals surface area (Å²) in [5.74, 6) is 0.562. The van der Waals surface area contributed by atoms with Gasteiger partial charge in [-0.1, -0.05) is 47.4 Å². The van der Waals surface area contributed by atoms with Crippen molar-refractivity contribution in [2.45, 2.75) is 26.4 Å². The highest BCUT2D eigenvalue weighted by molar-refractivity contribution is 9.10. The number of halogens is 2. The lowest BCUT2D eigenvalue weighted by Gasteiger charge is -2.18. The fraction of sp³-hybridized carbons (Fsp3) is 0.375. The van der Waals surface area contributed by atoms with Gasteiger partial charge in [-0.3, -0.25) is 0 Å². The van der Waals surface area contributed by atoms with Gasteiger partial charge < -0.3 is 9.88 Å². The Morgan fingerprint density at radius 3 is 2.65 bits per heavy atom. The topological polar surface area (TPSA) is 17.0 Å². The average molecular weight is 356 g/mol. The summed E-state index contributed by atoms with van der Waals surface area (Å²) in [6.45, 7) is 5.24. The van der Waals surface area contributed by atoms with E-state index >= 15 is 0 Å². The van der Waals surface area contributed by atoms with E-state index in [1.165, 1.54) is 5.56 Å². The van der Waals surface area contributed by atoms with Crippen molar-refractivity contribution < 1.29 is 0 Å². The lowest BCUT2D eigenvalue weighted by atomic mass is 9.99. The molecule has 20 heavy (non-hydrogen) atoms. The van der Waals surface area contributed by atoms with Crippen LogP contribution in [-0.4, -0.2) is 11.6 Å². The Kier molecular flexibility index (Phi) is 5.30. The second kappa shape index (κ2) is 6.79. The number of aromatic nitrogens is 1. The molecule has 1 aromatic carbocycles. The second-order valence-corrected chi connectivity index (χ2v) is 6.69. The smallest absolute Gasteiger partial charge is 0.0485 e. The predicted octanol–water partition coefficient (Wildman–Crippen LogP) is 4.87. The fourth-order valence-electron chi connectivity index (χ4n) is 2.47. The summed E-state index contributed by atoms with van der Waals surface area (Å²) in [6.07, 6.45) is 4.31. The SMILES string of the molecule is CNC(c1ccn(Cc2ccc(Br)cc2Cl)c1)C(C)C. The van der Waals surface area contributed by atoms with Crippen LogP contribution in [0.4, 0.5) is 0 Å². The van der Waals surface area contributed by atoms with Gasteiger partial charge in [0.2, 0.25) is 0 Å². The van der Waals surface area contributed by atoms with Crippen LogP contribution >= 0.6 is 27.5 Å². The van der Waals surface area contributed by atoms with Crippen LogP contribution in [0.2, 0.25) is 5.02 Å². The third kappa shape index (κ3) is 3.66. The molecule has 2 rings (SSSR count). The molecule has 0 aliphatic rings. The number of hydrogen-bond donors (Lipinski definition) is 1. The summed E-state index contributed by atoms with van der Waals surface area (Å²) < 4.78 is 3.19. The van der Waals surface area contributed by atoms with Gasteiger partial charge in [-0.2, -0.15) is 0 Å². The predicted molar refractivity (Wildman–Crippen MR) is 89.3 cm³/mol. The van der Waals surface area contributed by atoms with Crippen LogP contribution in [0.5, 0.6) is 0 Å². The molecular formula is C16H20BrClN2. The van der Waals surface area contributed by atoms with E-state index in [0.29, 0.717) is 12.0 Å². The molecule has 0 saturated heterocycles. The molecule has 0 radical (unpaired) electrons. The lowest BCUT2D eigenvalue weighted by molar-refractivity contribution is 0.443. The Morgan fingerprint density at radius 2 is 2.05 bits per heavy atom. The highest BCUT2D eigenvalue weighted by Crippen LogP contribution is 2.24. The quantitative estimate of drug-likeness (QED) is 0.809. The third-order valence-corrected chi connectivity index (χ3v) is 4.32. The van der Waals surface area contributed by atoms with Crippen LogP contribution in [0.3, 0.4) is 0 Å². The molecule has 1 heterocycles. The van der Waals surface area contributed by atoms with Crippen LogP contribution in [0.1, 0.15) is 31.0 Å². The number of rotatable bonds is 5. The summed E-state index contributed by atoms with van der Waals surface area (Å²) in [4.78, 5) is 0. The monoisotopic (exact) mass is 354 g/mol. The van der Waals surface area contributed by atoms with E-state index in [9.17, 15) is 0 Å². The maximum absolute atomic E-state index is 6.27. The van der Waals surface area contributed by atoms with E-state index < -0.39 is 0 Å². The summed E-state index contributed by atoms with van der Waals surface area (Å²) >= 11 is 9.70. The molecule has 0 amide bonds. The Morgan fingerprint density at radius 1 is 1.30 bits per heavy atom. The normalized spacial score (nSPS) is 12.9. The van der Waals surface area contributed by atoms with Crippen LogP contribution in [0.15, 0.2) is 41.1 Å². The Labute approximate surface area is 134 Å². The van der Waals surface area contributed by atoms with Crippen LogP contribution in [0, 0.1) is 5.92 Å². The van der Waals surface area contributed by atoms with E-state index in [-0.39, 0.29) is 0 Å². The fourth-order valence-corrected chi connectivity index (χ4v) is 3.21. The van der Waals surface area contributed by atoms with Gasteiger partial charge in [0.1, 0.15) is 0 Å². The summed E-state index contributed by atoms with van der Waals surface area (Å²) in [7, 11) is 2.01. The van der Waals surface area contributed by atoms with Crippen molar-refractivity contribution in [2.75, 3.05) is 7.05 Å². The lowest BCUT2D eigenvalue weighted by Crippen LogP contribution is -2.21. The zero-order valence-corrected chi connectivity index (χ0v) is 14.4. The first-order valence-corrected chi connectivity index (χ1v) is 7.95. The highest BCUT2D eigenvalue weighted by atomic mass is 79.9. The van der Waals surface area contributed by atoms with E-state index in [0.717, 1.165) is 21.6 Å². The summed E-state index contributed by atoms with van der Waals surface area (Å²) in [5, 5.41) is 4.16. The summed E-state index contributed by atoms with van der Waals surface area (Å²) in [5.41, 5.74) is 2.44. The van der Waals surface area contributed by atoms with Gasteiger partial charge in [-0.05, 0) is 42.3 Å². The molecule has 1 atom stereocenters. The van der Waals surface area contributed by atoms with Crippen LogP contribution < -0.4 is 5.32 Å². The molecule has 108 valence electrons. The van der Waals surface area contributed by atoms with E-state index in [2.05, 4.69) is 64.2 Å². The Bertz CT molecular complexity index is 578. The number of nitrogens with zero attached hydrogens (tertiary/aromatic N) is 1. The molecule has 1 aromatic heterocycles. The van der Waals surface area contributed by atoms with Crippen molar-refractivity contribution in [1.29, 1.82) is 0 Å². The highest BCUT2D eigenvalue weighted by Gasteiger charge is 2.14. The van der Waals surface area contributed by atoms with Gasteiger partial charge in [-0.25, -0.2) is 0 Å². The van der Waals surface area contributed by atoms with Crippen LogP contribution in [-0.2, 0) is 6.54 Å². The molecule has 2 nitrogen and oxygen atoms in total. The van der Waals surface area contributed by atoms with E-state index in [4.69, 9.17) is 11.6 Å². The molecule has 0 spiro atoms. The molecule has 0 bridgehead atoms. The molecule has 0 fully saturated rings. The average Bonchev–Trinajstić information content (AvgIpc) is 2.81. The van der Waals surface area contributed by atoms with Crippen molar-refractivity contribution in [3.05, 3.63) is 57.3 Å². The van der Waals surface area contributed by atoms with Crippen LogP contribution in [0.25, 0.3) is 0 Å². The van der Waals surface area contributed by atoms with Crippen molar-refractivity contribution in [2.24, 2.45) is 5.92 Å². The first kappa shape index (κ1) is 15.6. The molecule has 0 saturated carbocycles. The molecule has 0 aliphatic carbocycles. The van der Waals surface area contributed by atoms with Crippen molar-refractivity contribution >= 4 is 27.5 Å². The number of hydrogen-bond acceptors (Lipinski definition) is 1. The largest absolute Gasteiger partial charge is 0.350 e. The van der Waals surface area contributed by atoms with Gasteiger partial charge in [-0.15, -0.1) is 0 Å². The maximum Gasteiger partial charge on any atom is 0.0485 e. The third-order valence-electron chi connectivity index (χ3n) is 3.48. The van der Waals surface area contributed by atoms with E-state index in [1.807, 2.05) is 19.2 Å². The molecule has 4 heteroatoms. The van der Waals surface area contributed by atoms with E-state index in [1.54, 1.807) is 0 Å². The van der Waals surface area contributed by atoms with Gasteiger partial charge in [0.05, 0.1) is 0 Å². The number of benzene rings is 1. The number of nitrogens with one attached hydrogen (secondary N) is 1. The Balaban J connectivity index is 2.17. The van der Waals surface area contributed by atoms with Crippen molar-refractivity contribution in [3.63, 3.8) is 0 Å². The Hall–Kier alpha value is -0.770. The first-order chi connectivity index (χ1) is 9.51. The molecular weight excluding hydrogens is 336 g/mol. The molecule has 0 aliphatic heterocycles. The minimum atomic E-state index is 0.386. The van der Waals surface area contributed by atoms with Crippen molar-refractivity contribution in [3.8, 4) is 0 Å².